The van der Waals surface area contributed by atoms with Crippen molar-refractivity contribution in [3.63, 3.8) is 0 Å². The summed E-state index contributed by atoms with van der Waals surface area (Å²) < 4.78 is 5.51. The van der Waals surface area contributed by atoms with Crippen LogP contribution in [0.25, 0.3) is 0 Å². The molecule has 1 aromatic rings. The molecule has 0 N–H and O–H groups in total. The molecule has 0 spiro atoms. The summed E-state index contributed by atoms with van der Waals surface area (Å²) in [4.78, 5) is 24.7. The van der Waals surface area contributed by atoms with E-state index in [1.54, 1.807) is 32.8 Å². The maximum Gasteiger partial charge on any atom is 0.432 e. The Morgan fingerprint density at radius 2 is 1.76 bits per heavy atom. The minimum absolute atomic E-state index is 0.128. The Labute approximate surface area is 125 Å². The molecule has 1 saturated heterocycles. The second-order valence-electron chi connectivity index (χ2n) is 6.40. The molecule has 1 aliphatic heterocycles. The molecule has 21 heavy (non-hydrogen) atoms. The number of hydrazine groups is 1. The van der Waals surface area contributed by atoms with Crippen molar-refractivity contribution in [2.45, 2.75) is 39.8 Å². The standard InChI is InChI=1S/C16H22N2O3/c1-11-13(12-9-7-6-8-10-12)21-15(20)18(17(11)5)14(19)16(2,3)4/h6-11,13H,1-5H3/t11-,13+/m0/s1. The van der Waals surface area contributed by atoms with Crippen LogP contribution in [0.15, 0.2) is 30.3 Å². The SMILES string of the molecule is C[C@H]1[C@H](c2ccccc2)OC(=O)N(C(=O)C(C)(C)C)N1C. The number of carbonyl (C=O) groups is 2. The lowest BCUT2D eigenvalue weighted by Crippen LogP contribution is -2.60. The molecule has 0 aromatic heterocycles. The van der Waals surface area contributed by atoms with Gasteiger partial charge in [0.05, 0.1) is 6.04 Å². The van der Waals surface area contributed by atoms with Crippen molar-refractivity contribution in [1.82, 2.24) is 10.0 Å². The zero-order valence-corrected chi connectivity index (χ0v) is 13.2. The summed E-state index contributed by atoms with van der Waals surface area (Å²) in [5, 5.41) is 2.77. The van der Waals surface area contributed by atoms with Crippen molar-refractivity contribution in [3.05, 3.63) is 35.9 Å². The van der Waals surface area contributed by atoms with Crippen molar-refractivity contribution < 1.29 is 14.3 Å². The number of hydrogen-bond acceptors (Lipinski definition) is 4. The highest BCUT2D eigenvalue weighted by Crippen LogP contribution is 2.32. The van der Waals surface area contributed by atoms with Crippen LogP contribution in [0.4, 0.5) is 4.79 Å². The molecule has 0 unspecified atom stereocenters. The van der Waals surface area contributed by atoms with Crippen LogP contribution >= 0.6 is 0 Å². The summed E-state index contributed by atoms with van der Waals surface area (Å²) in [5.74, 6) is -0.270. The summed E-state index contributed by atoms with van der Waals surface area (Å²) in [6, 6.07) is 9.44. The van der Waals surface area contributed by atoms with Gasteiger partial charge < -0.3 is 4.74 Å². The van der Waals surface area contributed by atoms with Gasteiger partial charge in [-0.2, -0.15) is 5.01 Å². The maximum absolute atomic E-state index is 12.4. The highest BCUT2D eigenvalue weighted by atomic mass is 16.6. The molecule has 2 amide bonds. The molecule has 5 heteroatoms. The average Bonchev–Trinajstić information content (AvgIpc) is 2.43. The van der Waals surface area contributed by atoms with Gasteiger partial charge in [-0.25, -0.2) is 9.80 Å². The van der Waals surface area contributed by atoms with Gasteiger partial charge in [0, 0.05) is 12.5 Å². The number of cyclic esters (lactones) is 1. The van der Waals surface area contributed by atoms with E-state index in [0.717, 1.165) is 10.6 Å². The monoisotopic (exact) mass is 290 g/mol. The smallest absolute Gasteiger partial charge is 0.432 e. The minimum Gasteiger partial charge on any atom is -0.438 e. The van der Waals surface area contributed by atoms with Crippen molar-refractivity contribution in [1.29, 1.82) is 0 Å². The van der Waals surface area contributed by atoms with Gasteiger partial charge in [0.25, 0.3) is 5.91 Å². The number of nitrogens with zero attached hydrogens (tertiary/aromatic N) is 2. The lowest BCUT2D eigenvalue weighted by molar-refractivity contribution is -0.170. The van der Waals surface area contributed by atoms with Crippen molar-refractivity contribution in [2.24, 2.45) is 5.41 Å². The van der Waals surface area contributed by atoms with Crippen LogP contribution in [0.1, 0.15) is 39.4 Å². The van der Waals surface area contributed by atoms with E-state index in [0.29, 0.717) is 0 Å². The quantitative estimate of drug-likeness (QED) is 0.798. The average molecular weight is 290 g/mol. The van der Waals surface area contributed by atoms with E-state index in [4.69, 9.17) is 4.74 Å². The molecular formula is C16H22N2O3. The van der Waals surface area contributed by atoms with Gasteiger partial charge in [-0.1, -0.05) is 51.1 Å². The van der Waals surface area contributed by atoms with Crippen molar-refractivity contribution in [3.8, 4) is 0 Å². The highest BCUT2D eigenvalue weighted by Gasteiger charge is 2.44. The Morgan fingerprint density at radius 1 is 1.19 bits per heavy atom. The molecule has 0 radical (unpaired) electrons. The van der Waals surface area contributed by atoms with Gasteiger partial charge in [0.15, 0.2) is 0 Å². The number of hydrogen-bond donors (Lipinski definition) is 0. The fourth-order valence-corrected chi connectivity index (χ4v) is 2.30. The molecule has 2 atom stereocenters. The third-order valence-electron chi connectivity index (χ3n) is 3.71. The van der Waals surface area contributed by atoms with Gasteiger partial charge in [-0.3, -0.25) is 4.79 Å². The topological polar surface area (TPSA) is 49.9 Å². The van der Waals surface area contributed by atoms with Crippen molar-refractivity contribution >= 4 is 12.0 Å². The number of benzene rings is 1. The van der Waals surface area contributed by atoms with E-state index in [2.05, 4.69) is 0 Å². The fraction of sp³-hybridized carbons (Fsp3) is 0.500. The second kappa shape index (κ2) is 5.48. The molecular weight excluding hydrogens is 268 g/mol. The van der Waals surface area contributed by atoms with E-state index in [1.807, 2.05) is 37.3 Å². The largest absolute Gasteiger partial charge is 0.438 e. The Bertz CT molecular complexity index is 536. The molecule has 0 bridgehead atoms. The Kier molecular flexibility index (Phi) is 4.05. The number of rotatable bonds is 1. The van der Waals surface area contributed by atoms with E-state index < -0.39 is 11.5 Å². The van der Waals surface area contributed by atoms with Gasteiger partial charge in [0.1, 0.15) is 6.10 Å². The highest BCUT2D eigenvalue weighted by molar-refractivity contribution is 5.94. The van der Waals surface area contributed by atoms with E-state index >= 15 is 0 Å². The summed E-state index contributed by atoms with van der Waals surface area (Å²) in [5.41, 5.74) is 0.278. The second-order valence-corrected chi connectivity index (χ2v) is 6.40. The molecule has 1 aliphatic rings. The van der Waals surface area contributed by atoms with Gasteiger partial charge in [-0.15, -0.1) is 0 Å². The van der Waals surface area contributed by atoms with Gasteiger partial charge in [-0.05, 0) is 12.5 Å². The number of amides is 2. The van der Waals surface area contributed by atoms with Crippen LogP contribution in [0.2, 0.25) is 0 Å². The third-order valence-corrected chi connectivity index (χ3v) is 3.71. The fourth-order valence-electron chi connectivity index (χ4n) is 2.30. The molecule has 1 heterocycles. The first-order chi connectivity index (χ1) is 9.73. The van der Waals surface area contributed by atoms with Gasteiger partial charge in [0.2, 0.25) is 0 Å². The lowest BCUT2D eigenvalue weighted by Gasteiger charge is -2.44. The Morgan fingerprint density at radius 3 is 2.29 bits per heavy atom. The normalized spacial score (nSPS) is 23.9. The number of ether oxygens (including phenoxy) is 1. The summed E-state index contributed by atoms with van der Waals surface area (Å²) in [7, 11) is 1.74. The summed E-state index contributed by atoms with van der Waals surface area (Å²) in [6.07, 6.45) is -1.00. The van der Waals surface area contributed by atoms with Crippen LogP contribution in [-0.2, 0) is 9.53 Å². The van der Waals surface area contributed by atoms with Crippen molar-refractivity contribution in [2.75, 3.05) is 7.05 Å². The lowest BCUT2D eigenvalue weighted by atomic mass is 9.95. The zero-order valence-electron chi connectivity index (χ0n) is 13.2. The van der Waals surface area contributed by atoms with Crippen LogP contribution in [0.5, 0.6) is 0 Å². The van der Waals surface area contributed by atoms with E-state index in [1.165, 1.54) is 0 Å². The summed E-state index contributed by atoms with van der Waals surface area (Å²) >= 11 is 0. The molecule has 1 fully saturated rings. The predicted molar refractivity (Wildman–Crippen MR) is 79.2 cm³/mol. The molecule has 0 saturated carbocycles. The predicted octanol–water partition coefficient (Wildman–Crippen LogP) is 2.99. The molecule has 5 nitrogen and oxygen atoms in total. The first-order valence-corrected chi connectivity index (χ1v) is 7.06. The number of likely N-dealkylation sites (N-methyl/N-ethyl adjacent to an activating group) is 1. The van der Waals surface area contributed by atoms with Gasteiger partial charge >= 0.3 is 6.09 Å². The minimum atomic E-state index is -0.646. The molecule has 2 rings (SSSR count). The Balaban J connectivity index is 2.27. The van der Waals surface area contributed by atoms with Crippen LogP contribution in [0, 0.1) is 5.41 Å². The van der Waals surface area contributed by atoms with Crippen LogP contribution in [0.3, 0.4) is 0 Å². The molecule has 114 valence electrons. The number of imide groups is 1. The first kappa shape index (κ1) is 15.5. The first-order valence-electron chi connectivity index (χ1n) is 7.06. The maximum atomic E-state index is 12.4. The van der Waals surface area contributed by atoms with E-state index in [-0.39, 0.29) is 18.1 Å². The third kappa shape index (κ3) is 2.93. The Hall–Kier alpha value is -1.88. The van der Waals surface area contributed by atoms with Crippen LogP contribution < -0.4 is 0 Å². The molecule has 0 aliphatic carbocycles. The molecule has 1 aromatic carbocycles. The van der Waals surface area contributed by atoms with Crippen LogP contribution in [-0.4, -0.2) is 35.1 Å². The number of carbonyl (C=O) groups excluding carboxylic acids is 2. The van der Waals surface area contributed by atoms with E-state index in [9.17, 15) is 9.59 Å². The zero-order chi connectivity index (χ0) is 15.8. The summed E-state index contributed by atoms with van der Waals surface area (Å²) in [6.45, 7) is 7.28.